The maximum Gasteiger partial charge on any atom is 0.137 e. The largest absolute Gasteiger partial charge is 0.310 e. The SMILES string of the molecule is Cc1ccc2nc(C)cc(-c3cnc4cc(-c5ccc(C6CCCCN6)cc5)ccn34)c2c1. The molecule has 0 saturated carbocycles. The van der Waals surface area contributed by atoms with E-state index in [1.165, 1.54) is 52.5 Å². The summed E-state index contributed by atoms with van der Waals surface area (Å²) in [6.07, 6.45) is 7.94. The number of aryl methyl sites for hydroxylation is 2. The molecule has 1 saturated heterocycles. The third-order valence-electron chi connectivity index (χ3n) is 6.84. The molecular weight excluding hydrogens is 404 g/mol. The molecule has 3 aromatic heterocycles. The fourth-order valence-electron chi connectivity index (χ4n) is 5.09. The van der Waals surface area contributed by atoms with E-state index in [1.807, 2.05) is 6.20 Å². The summed E-state index contributed by atoms with van der Waals surface area (Å²) < 4.78 is 2.18. The first kappa shape index (κ1) is 20.1. The predicted molar refractivity (Wildman–Crippen MR) is 135 cm³/mol. The lowest BCUT2D eigenvalue weighted by molar-refractivity contribution is 0.412. The van der Waals surface area contributed by atoms with Gasteiger partial charge in [-0.15, -0.1) is 0 Å². The highest BCUT2D eigenvalue weighted by atomic mass is 15.0. The fourth-order valence-corrected chi connectivity index (χ4v) is 5.09. The Morgan fingerprint density at radius 3 is 2.61 bits per heavy atom. The second kappa shape index (κ2) is 8.13. The Bertz CT molecular complexity index is 1460. The van der Waals surface area contributed by atoms with E-state index >= 15 is 0 Å². The van der Waals surface area contributed by atoms with E-state index in [9.17, 15) is 0 Å². The van der Waals surface area contributed by atoms with Gasteiger partial charge in [0.05, 0.1) is 17.4 Å². The zero-order valence-electron chi connectivity index (χ0n) is 19.2. The highest BCUT2D eigenvalue weighted by molar-refractivity contribution is 5.94. The molecule has 1 unspecified atom stereocenters. The summed E-state index contributed by atoms with van der Waals surface area (Å²) in [5, 5.41) is 4.80. The number of nitrogens with one attached hydrogen (secondary N) is 1. The van der Waals surface area contributed by atoms with Crippen molar-refractivity contribution >= 4 is 16.6 Å². The number of hydrogen-bond acceptors (Lipinski definition) is 3. The molecule has 1 aliphatic rings. The third kappa shape index (κ3) is 3.70. The van der Waals surface area contributed by atoms with Crippen LogP contribution in [0.15, 0.2) is 73.1 Å². The molecule has 5 aromatic rings. The van der Waals surface area contributed by atoms with Crippen molar-refractivity contribution in [1.82, 2.24) is 19.7 Å². The Hall–Kier alpha value is -3.50. The number of benzene rings is 2. The molecule has 0 spiro atoms. The highest BCUT2D eigenvalue weighted by Gasteiger charge is 2.15. The van der Waals surface area contributed by atoms with Gasteiger partial charge in [0, 0.05) is 28.9 Å². The quantitative estimate of drug-likeness (QED) is 0.347. The first-order valence-corrected chi connectivity index (χ1v) is 11.8. The van der Waals surface area contributed by atoms with Gasteiger partial charge in [0.15, 0.2) is 0 Å². The maximum absolute atomic E-state index is 4.76. The van der Waals surface area contributed by atoms with Crippen LogP contribution in [0.4, 0.5) is 0 Å². The van der Waals surface area contributed by atoms with Crippen LogP contribution in [-0.2, 0) is 0 Å². The van der Waals surface area contributed by atoms with Gasteiger partial charge >= 0.3 is 0 Å². The average Bonchev–Trinajstić information content (AvgIpc) is 3.28. The van der Waals surface area contributed by atoms with E-state index < -0.39 is 0 Å². The van der Waals surface area contributed by atoms with Crippen LogP contribution >= 0.6 is 0 Å². The summed E-state index contributed by atoms with van der Waals surface area (Å²) in [7, 11) is 0. The summed E-state index contributed by atoms with van der Waals surface area (Å²) in [5.41, 5.74) is 10.3. The lowest BCUT2D eigenvalue weighted by Crippen LogP contribution is -2.26. The van der Waals surface area contributed by atoms with Crippen LogP contribution in [0.5, 0.6) is 0 Å². The molecule has 33 heavy (non-hydrogen) atoms. The van der Waals surface area contributed by atoms with Crippen molar-refractivity contribution in [2.24, 2.45) is 0 Å². The number of pyridine rings is 2. The number of hydrogen-bond donors (Lipinski definition) is 1. The number of fused-ring (bicyclic) bond motifs is 2. The number of imidazole rings is 1. The van der Waals surface area contributed by atoms with Gasteiger partial charge in [-0.1, -0.05) is 42.3 Å². The average molecular weight is 433 g/mol. The van der Waals surface area contributed by atoms with E-state index in [0.29, 0.717) is 6.04 Å². The molecule has 4 nitrogen and oxygen atoms in total. The minimum atomic E-state index is 0.493. The zero-order valence-corrected chi connectivity index (χ0v) is 19.2. The first-order valence-electron chi connectivity index (χ1n) is 11.8. The summed E-state index contributed by atoms with van der Waals surface area (Å²) >= 11 is 0. The third-order valence-corrected chi connectivity index (χ3v) is 6.84. The van der Waals surface area contributed by atoms with Crippen molar-refractivity contribution in [1.29, 1.82) is 0 Å². The number of piperidine rings is 1. The van der Waals surface area contributed by atoms with Gasteiger partial charge in [-0.2, -0.15) is 0 Å². The molecule has 164 valence electrons. The van der Waals surface area contributed by atoms with Crippen molar-refractivity contribution in [2.45, 2.75) is 39.2 Å². The Morgan fingerprint density at radius 1 is 0.909 bits per heavy atom. The smallest absolute Gasteiger partial charge is 0.137 e. The molecule has 1 atom stereocenters. The Balaban J connectivity index is 1.38. The molecule has 1 N–H and O–H groups in total. The second-order valence-corrected chi connectivity index (χ2v) is 9.24. The standard InChI is InChI=1S/C29H28N4/c1-19-6-11-27-24(15-19)25(16-20(2)32-27)28-18-31-29-17-23(12-14-33(28)29)21-7-9-22(10-8-21)26-5-3-4-13-30-26/h6-12,14-18,26,30H,3-5,13H2,1-2H3. The van der Waals surface area contributed by atoms with E-state index in [0.717, 1.165) is 29.1 Å². The van der Waals surface area contributed by atoms with Crippen LogP contribution < -0.4 is 5.32 Å². The van der Waals surface area contributed by atoms with Crippen LogP contribution in [-0.4, -0.2) is 20.9 Å². The highest BCUT2D eigenvalue weighted by Crippen LogP contribution is 2.32. The van der Waals surface area contributed by atoms with Gasteiger partial charge in [0.1, 0.15) is 5.65 Å². The normalized spacial score (nSPS) is 16.5. The predicted octanol–water partition coefficient (Wildman–Crippen LogP) is 6.65. The first-order chi connectivity index (χ1) is 16.2. The molecule has 6 rings (SSSR count). The summed E-state index contributed by atoms with van der Waals surface area (Å²) in [6, 6.07) is 22.5. The van der Waals surface area contributed by atoms with Gasteiger partial charge in [0.25, 0.3) is 0 Å². The molecule has 0 bridgehead atoms. The van der Waals surface area contributed by atoms with Crippen molar-refractivity contribution in [3.63, 3.8) is 0 Å². The van der Waals surface area contributed by atoms with Crippen molar-refractivity contribution in [3.8, 4) is 22.4 Å². The van der Waals surface area contributed by atoms with E-state index in [2.05, 4.69) is 90.4 Å². The van der Waals surface area contributed by atoms with Crippen LogP contribution in [0.2, 0.25) is 0 Å². The molecular formula is C29H28N4. The van der Waals surface area contributed by atoms with Crippen LogP contribution in [0.3, 0.4) is 0 Å². The number of nitrogens with zero attached hydrogens (tertiary/aromatic N) is 3. The molecule has 0 aliphatic carbocycles. The Labute approximate surface area is 194 Å². The van der Waals surface area contributed by atoms with E-state index in [1.54, 1.807) is 0 Å². The van der Waals surface area contributed by atoms with E-state index in [-0.39, 0.29) is 0 Å². The molecule has 4 heterocycles. The molecule has 0 radical (unpaired) electrons. The zero-order chi connectivity index (χ0) is 22.4. The summed E-state index contributed by atoms with van der Waals surface area (Å²) in [4.78, 5) is 9.49. The second-order valence-electron chi connectivity index (χ2n) is 9.24. The van der Waals surface area contributed by atoms with Crippen LogP contribution in [0.1, 0.15) is 42.1 Å². The van der Waals surface area contributed by atoms with Gasteiger partial charge < -0.3 is 5.32 Å². The van der Waals surface area contributed by atoms with Gasteiger partial charge in [-0.05, 0) is 80.3 Å². The van der Waals surface area contributed by atoms with Gasteiger partial charge in [-0.3, -0.25) is 9.38 Å². The Kier molecular flexibility index (Phi) is 4.96. The molecule has 1 fully saturated rings. The summed E-state index contributed by atoms with van der Waals surface area (Å²) in [5.74, 6) is 0. The minimum Gasteiger partial charge on any atom is -0.310 e. The van der Waals surface area contributed by atoms with Gasteiger partial charge in [0.2, 0.25) is 0 Å². The summed E-state index contributed by atoms with van der Waals surface area (Å²) in [6.45, 7) is 5.30. The van der Waals surface area contributed by atoms with Crippen molar-refractivity contribution < 1.29 is 0 Å². The maximum atomic E-state index is 4.76. The Morgan fingerprint density at radius 2 is 1.79 bits per heavy atom. The lowest BCUT2D eigenvalue weighted by Gasteiger charge is -2.24. The number of aromatic nitrogens is 3. The van der Waals surface area contributed by atoms with Crippen LogP contribution in [0, 0.1) is 13.8 Å². The molecule has 2 aromatic carbocycles. The number of rotatable bonds is 3. The molecule has 1 aliphatic heterocycles. The van der Waals surface area contributed by atoms with Crippen LogP contribution in [0.25, 0.3) is 38.9 Å². The topological polar surface area (TPSA) is 42.2 Å². The molecule has 0 amide bonds. The van der Waals surface area contributed by atoms with E-state index in [4.69, 9.17) is 9.97 Å². The van der Waals surface area contributed by atoms with Gasteiger partial charge in [-0.25, -0.2) is 4.98 Å². The van der Waals surface area contributed by atoms with Crippen molar-refractivity contribution in [3.05, 3.63) is 89.9 Å². The monoisotopic (exact) mass is 432 g/mol. The fraction of sp³-hybridized carbons (Fsp3) is 0.241. The van der Waals surface area contributed by atoms with Crippen molar-refractivity contribution in [2.75, 3.05) is 6.54 Å². The molecule has 4 heteroatoms. The minimum absolute atomic E-state index is 0.493. The lowest BCUT2D eigenvalue weighted by atomic mass is 9.95.